The van der Waals surface area contributed by atoms with E-state index in [9.17, 15) is 0 Å². The highest BCUT2D eigenvalue weighted by Crippen LogP contribution is 2.24. The molecule has 0 bridgehead atoms. The molecule has 18 heavy (non-hydrogen) atoms. The van der Waals surface area contributed by atoms with Gasteiger partial charge in [0.15, 0.2) is 0 Å². The van der Waals surface area contributed by atoms with Crippen molar-refractivity contribution in [1.29, 1.82) is 0 Å². The summed E-state index contributed by atoms with van der Waals surface area (Å²) in [7, 11) is 0. The molecular weight excluding hydrogens is 226 g/mol. The van der Waals surface area contributed by atoms with Crippen molar-refractivity contribution in [3.05, 3.63) is 65.7 Å². The average Bonchev–Trinajstić information content (AvgIpc) is 2.45. The van der Waals surface area contributed by atoms with Gasteiger partial charge in [-0.1, -0.05) is 48.5 Å². The van der Waals surface area contributed by atoms with Crippen LogP contribution in [-0.2, 0) is 6.61 Å². The number of nitrogens with two attached hydrogens (primary N) is 1. The van der Waals surface area contributed by atoms with Gasteiger partial charge in [-0.05, 0) is 11.6 Å². The van der Waals surface area contributed by atoms with E-state index in [4.69, 9.17) is 15.6 Å². The first-order valence-corrected chi connectivity index (χ1v) is 5.93. The Morgan fingerprint density at radius 1 is 1.00 bits per heavy atom. The first kappa shape index (κ1) is 12.6. The van der Waals surface area contributed by atoms with Crippen molar-refractivity contribution in [2.75, 3.05) is 6.61 Å². The molecule has 0 aliphatic carbocycles. The summed E-state index contributed by atoms with van der Waals surface area (Å²) in [4.78, 5) is 0. The van der Waals surface area contributed by atoms with E-state index in [1.54, 1.807) is 0 Å². The minimum Gasteiger partial charge on any atom is -0.489 e. The van der Waals surface area contributed by atoms with Crippen LogP contribution in [0.5, 0.6) is 5.75 Å². The summed E-state index contributed by atoms with van der Waals surface area (Å²) < 4.78 is 5.76. The number of aliphatic hydroxyl groups is 1. The summed E-state index contributed by atoms with van der Waals surface area (Å²) in [6.07, 6.45) is 0. The maximum absolute atomic E-state index is 9.12. The minimum absolute atomic E-state index is 0.0916. The molecule has 0 aliphatic heterocycles. The van der Waals surface area contributed by atoms with Crippen LogP contribution in [0, 0.1) is 0 Å². The molecular formula is C15H17NO2. The van der Waals surface area contributed by atoms with Gasteiger partial charge >= 0.3 is 0 Å². The van der Waals surface area contributed by atoms with Gasteiger partial charge in [0.25, 0.3) is 0 Å². The van der Waals surface area contributed by atoms with Crippen LogP contribution in [0.1, 0.15) is 17.2 Å². The number of hydrogen-bond acceptors (Lipinski definition) is 3. The monoisotopic (exact) mass is 243 g/mol. The van der Waals surface area contributed by atoms with Crippen LogP contribution in [0.3, 0.4) is 0 Å². The molecule has 3 N–H and O–H groups in total. The predicted octanol–water partition coefficient (Wildman–Crippen LogP) is 2.26. The van der Waals surface area contributed by atoms with E-state index in [0.29, 0.717) is 6.61 Å². The van der Waals surface area contributed by atoms with Crippen molar-refractivity contribution in [2.45, 2.75) is 12.6 Å². The minimum atomic E-state index is -0.406. The summed E-state index contributed by atoms with van der Waals surface area (Å²) in [6, 6.07) is 17.1. The van der Waals surface area contributed by atoms with Gasteiger partial charge in [0.2, 0.25) is 0 Å². The van der Waals surface area contributed by atoms with Gasteiger partial charge in [0.1, 0.15) is 12.4 Å². The Morgan fingerprint density at radius 3 is 2.39 bits per heavy atom. The van der Waals surface area contributed by atoms with E-state index in [0.717, 1.165) is 16.9 Å². The lowest BCUT2D eigenvalue weighted by Crippen LogP contribution is -2.15. The molecule has 2 rings (SSSR count). The Balaban J connectivity index is 2.10. The molecule has 0 amide bonds. The van der Waals surface area contributed by atoms with E-state index >= 15 is 0 Å². The summed E-state index contributed by atoms with van der Waals surface area (Å²) in [5.74, 6) is 0.725. The van der Waals surface area contributed by atoms with Crippen LogP contribution in [-0.4, -0.2) is 11.7 Å². The number of ether oxygens (including phenoxy) is 1. The number of aliphatic hydroxyl groups excluding tert-OH is 1. The van der Waals surface area contributed by atoms with Crippen LogP contribution < -0.4 is 10.5 Å². The second-order valence-corrected chi connectivity index (χ2v) is 4.10. The molecule has 0 saturated heterocycles. The smallest absolute Gasteiger partial charge is 0.124 e. The Morgan fingerprint density at radius 2 is 1.67 bits per heavy atom. The molecule has 1 atom stereocenters. The van der Waals surface area contributed by atoms with Gasteiger partial charge < -0.3 is 15.6 Å². The van der Waals surface area contributed by atoms with Crippen LogP contribution in [0.4, 0.5) is 0 Å². The van der Waals surface area contributed by atoms with E-state index in [1.807, 2.05) is 54.6 Å². The summed E-state index contributed by atoms with van der Waals surface area (Å²) >= 11 is 0. The fourth-order valence-corrected chi connectivity index (χ4v) is 1.75. The topological polar surface area (TPSA) is 55.5 Å². The highest BCUT2D eigenvalue weighted by atomic mass is 16.5. The fraction of sp³-hybridized carbons (Fsp3) is 0.200. The van der Waals surface area contributed by atoms with Crippen molar-refractivity contribution in [3.63, 3.8) is 0 Å². The van der Waals surface area contributed by atoms with Crippen molar-refractivity contribution >= 4 is 0 Å². The quantitative estimate of drug-likeness (QED) is 0.847. The average molecular weight is 243 g/mol. The molecule has 0 unspecified atom stereocenters. The third-order valence-corrected chi connectivity index (χ3v) is 2.75. The molecule has 0 heterocycles. The molecule has 0 aromatic heterocycles. The van der Waals surface area contributed by atoms with E-state index < -0.39 is 6.04 Å². The molecule has 2 aromatic rings. The molecule has 94 valence electrons. The van der Waals surface area contributed by atoms with Crippen molar-refractivity contribution < 1.29 is 9.84 Å². The Kier molecular flexibility index (Phi) is 4.34. The largest absolute Gasteiger partial charge is 0.489 e. The van der Waals surface area contributed by atoms with Crippen molar-refractivity contribution in [2.24, 2.45) is 5.73 Å². The van der Waals surface area contributed by atoms with Gasteiger partial charge in [-0.2, -0.15) is 0 Å². The number of hydrogen-bond donors (Lipinski definition) is 2. The standard InChI is InChI=1S/C15H17NO2/c16-14(10-17)13-8-4-5-9-15(13)18-11-12-6-2-1-3-7-12/h1-9,14,17H,10-11,16H2/t14-/m0/s1. The lowest BCUT2D eigenvalue weighted by Gasteiger charge is -2.15. The number of benzene rings is 2. The maximum atomic E-state index is 9.12. The van der Waals surface area contributed by atoms with Gasteiger partial charge in [0, 0.05) is 5.56 Å². The lowest BCUT2D eigenvalue weighted by atomic mass is 10.1. The normalized spacial score (nSPS) is 12.1. The first-order chi connectivity index (χ1) is 8.81. The molecule has 0 fully saturated rings. The molecule has 0 spiro atoms. The Hall–Kier alpha value is -1.84. The molecule has 0 aliphatic rings. The van der Waals surface area contributed by atoms with Gasteiger partial charge in [-0.15, -0.1) is 0 Å². The first-order valence-electron chi connectivity index (χ1n) is 5.93. The third kappa shape index (κ3) is 3.09. The molecule has 0 radical (unpaired) electrons. The highest BCUT2D eigenvalue weighted by molar-refractivity contribution is 5.36. The zero-order valence-corrected chi connectivity index (χ0v) is 10.1. The van der Waals surface area contributed by atoms with Crippen LogP contribution in [0.15, 0.2) is 54.6 Å². The Bertz CT molecular complexity index is 485. The molecule has 3 heteroatoms. The number of rotatable bonds is 5. The Labute approximate surface area is 107 Å². The summed E-state index contributed by atoms with van der Waals surface area (Å²) in [6.45, 7) is 0.404. The second-order valence-electron chi connectivity index (χ2n) is 4.10. The number of para-hydroxylation sites is 1. The molecule has 2 aromatic carbocycles. The second kappa shape index (κ2) is 6.19. The summed E-state index contributed by atoms with van der Waals surface area (Å²) in [5.41, 5.74) is 7.77. The zero-order valence-electron chi connectivity index (χ0n) is 10.1. The van der Waals surface area contributed by atoms with Crippen LogP contribution in [0.2, 0.25) is 0 Å². The SMILES string of the molecule is N[C@@H](CO)c1ccccc1OCc1ccccc1. The molecule has 3 nitrogen and oxygen atoms in total. The van der Waals surface area contributed by atoms with Crippen LogP contribution in [0.25, 0.3) is 0 Å². The highest BCUT2D eigenvalue weighted by Gasteiger charge is 2.10. The van der Waals surface area contributed by atoms with Crippen molar-refractivity contribution in [3.8, 4) is 5.75 Å². The zero-order chi connectivity index (χ0) is 12.8. The maximum Gasteiger partial charge on any atom is 0.124 e. The lowest BCUT2D eigenvalue weighted by molar-refractivity contribution is 0.257. The summed E-state index contributed by atoms with van der Waals surface area (Å²) in [5, 5.41) is 9.12. The fourth-order valence-electron chi connectivity index (χ4n) is 1.75. The third-order valence-electron chi connectivity index (χ3n) is 2.75. The van der Waals surface area contributed by atoms with Crippen molar-refractivity contribution in [1.82, 2.24) is 0 Å². The molecule has 0 saturated carbocycles. The van der Waals surface area contributed by atoms with E-state index in [2.05, 4.69) is 0 Å². The van der Waals surface area contributed by atoms with Gasteiger partial charge in [-0.3, -0.25) is 0 Å². The van der Waals surface area contributed by atoms with E-state index in [-0.39, 0.29) is 6.61 Å². The predicted molar refractivity (Wildman–Crippen MR) is 71.2 cm³/mol. The van der Waals surface area contributed by atoms with Gasteiger partial charge in [-0.25, -0.2) is 0 Å². The van der Waals surface area contributed by atoms with Gasteiger partial charge in [0.05, 0.1) is 12.6 Å². The van der Waals surface area contributed by atoms with Crippen LogP contribution >= 0.6 is 0 Å². The van der Waals surface area contributed by atoms with E-state index in [1.165, 1.54) is 0 Å².